The Morgan fingerprint density at radius 3 is 2.32 bits per heavy atom. The summed E-state index contributed by atoms with van der Waals surface area (Å²) >= 11 is 0. The van der Waals surface area contributed by atoms with Crippen molar-refractivity contribution in [2.45, 2.75) is 69.9 Å². The van der Waals surface area contributed by atoms with Crippen LogP contribution < -0.4 is 5.32 Å². The summed E-state index contributed by atoms with van der Waals surface area (Å²) in [5, 5.41) is 12.2. The van der Waals surface area contributed by atoms with Gasteiger partial charge in [-0.05, 0) is 50.4 Å². The van der Waals surface area contributed by atoms with Crippen LogP contribution in [0.3, 0.4) is 0 Å². The summed E-state index contributed by atoms with van der Waals surface area (Å²) in [6.07, 6.45) is 9.94. The fourth-order valence-electron chi connectivity index (χ4n) is 3.92. The fraction of sp³-hybridized carbons (Fsp3) is 0.882. The van der Waals surface area contributed by atoms with Gasteiger partial charge in [-0.3, -0.25) is 14.5 Å². The molecule has 0 aromatic rings. The summed E-state index contributed by atoms with van der Waals surface area (Å²) < 4.78 is 0. The molecule has 3 rings (SSSR count). The van der Waals surface area contributed by atoms with Crippen molar-refractivity contribution in [1.82, 2.24) is 10.2 Å². The molecule has 0 atom stereocenters. The first-order chi connectivity index (χ1) is 10.6. The van der Waals surface area contributed by atoms with Crippen LogP contribution in [-0.2, 0) is 9.59 Å². The molecule has 5 nitrogen and oxygen atoms in total. The molecule has 3 saturated carbocycles. The van der Waals surface area contributed by atoms with Gasteiger partial charge in [0.15, 0.2) is 0 Å². The third-order valence-corrected chi connectivity index (χ3v) is 5.47. The highest BCUT2D eigenvalue weighted by Gasteiger charge is 2.37. The van der Waals surface area contributed by atoms with Gasteiger partial charge in [0.25, 0.3) is 0 Å². The number of carbonyl (C=O) groups is 2. The van der Waals surface area contributed by atoms with Crippen molar-refractivity contribution < 1.29 is 14.7 Å². The number of carboxylic acid groups (broad SMARTS) is 1. The topological polar surface area (TPSA) is 69.6 Å². The summed E-state index contributed by atoms with van der Waals surface area (Å²) in [7, 11) is 0. The van der Waals surface area contributed by atoms with E-state index in [1.807, 2.05) is 0 Å². The number of hydrogen-bond donors (Lipinski definition) is 2. The Morgan fingerprint density at radius 2 is 1.73 bits per heavy atom. The minimum absolute atomic E-state index is 0.143. The normalized spacial score (nSPS) is 28.6. The van der Waals surface area contributed by atoms with Crippen molar-refractivity contribution in [3.8, 4) is 0 Å². The molecule has 0 aromatic carbocycles. The number of nitrogens with zero attached hydrogens (tertiary/aromatic N) is 1. The molecule has 0 unspecified atom stereocenters. The Balaban J connectivity index is 1.37. The van der Waals surface area contributed by atoms with E-state index in [1.54, 1.807) is 0 Å². The van der Waals surface area contributed by atoms with Gasteiger partial charge in [-0.15, -0.1) is 0 Å². The van der Waals surface area contributed by atoms with Crippen molar-refractivity contribution in [2.75, 3.05) is 13.1 Å². The average Bonchev–Trinajstić information content (AvgIpc) is 3.07. The van der Waals surface area contributed by atoms with E-state index in [0.717, 1.165) is 19.4 Å². The van der Waals surface area contributed by atoms with Crippen molar-refractivity contribution in [3.63, 3.8) is 0 Å². The van der Waals surface area contributed by atoms with Crippen LogP contribution in [0.1, 0.15) is 57.8 Å². The lowest BCUT2D eigenvalue weighted by Gasteiger charge is -2.42. The van der Waals surface area contributed by atoms with Gasteiger partial charge in [-0.2, -0.15) is 0 Å². The van der Waals surface area contributed by atoms with Crippen LogP contribution in [0.4, 0.5) is 0 Å². The molecule has 0 heterocycles. The largest absolute Gasteiger partial charge is 0.480 e. The van der Waals surface area contributed by atoms with Gasteiger partial charge in [0.2, 0.25) is 5.91 Å². The molecule has 124 valence electrons. The number of aliphatic carboxylic acids is 1. The van der Waals surface area contributed by atoms with Gasteiger partial charge < -0.3 is 10.4 Å². The summed E-state index contributed by atoms with van der Waals surface area (Å²) in [6.45, 7) is 1.06. The zero-order valence-electron chi connectivity index (χ0n) is 13.3. The minimum atomic E-state index is -0.741. The second-order valence-electron chi connectivity index (χ2n) is 7.51. The summed E-state index contributed by atoms with van der Waals surface area (Å²) in [5.41, 5.74) is 0. The van der Waals surface area contributed by atoms with Crippen LogP contribution in [0, 0.1) is 11.8 Å². The fourth-order valence-corrected chi connectivity index (χ4v) is 3.92. The molecule has 3 aliphatic rings. The molecule has 3 aliphatic carbocycles. The second kappa shape index (κ2) is 6.99. The van der Waals surface area contributed by atoms with E-state index in [4.69, 9.17) is 5.11 Å². The third kappa shape index (κ3) is 4.45. The average molecular weight is 308 g/mol. The molecule has 0 aliphatic heterocycles. The van der Waals surface area contributed by atoms with Crippen LogP contribution in [0.2, 0.25) is 0 Å². The molecular weight excluding hydrogens is 280 g/mol. The summed E-state index contributed by atoms with van der Waals surface area (Å²) in [5.74, 6) is 0.751. The smallest absolute Gasteiger partial charge is 0.317 e. The number of carbonyl (C=O) groups excluding carboxylic acids is 1. The zero-order valence-corrected chi connectivity index (χ0v) is 13.3. The van der Waals surface area contributed by atoms with E-state index in [-0.39, 0.29) is 18.5 Å². The molecule has 0 radical (unpaired) electrons. The predicted octanol–water partition coefficient (Wildman–Crippen LogP) is 2.01. The molecule has 5 heteroatoms. The second-order valence-corrected chi connectivity index (χ2v) is 7.51. The van der Waals surface area contributed by atoms with Crippen LogP contribution >= 0.6 is 0 Å². The van der Waals surface area contributed by atoms with E-state index in [1.165, 1.54) is 38.5 Å². The maximum atomic E-state index is 12.0. The van der Waals surface area contributed by atoms with E-state index >= 15 is 0 Å². The van der Waals surface area contributed by atoms with E-state index in [2.05, 4.69) is 10.2 Å². The summed E-state index contributed by atoms with van der Waals surface area (Å²) in [4.78, 5) is 25.1. The quantitative estimate of drug-likeness (QED) is 0.719. The van der Waals surface area contributed by atoms with Crippen LogP contribution in [0.25, 0.3) is 0 Å². The first-order valence-corrected chi connectivity index (χ1v) is 8.85. The maximum absolute atomic E-state index is 12.0. The predicted molar refractivity (Wildman–Crippen MR) is 83.5 cm³/mol. The van der Waals surface area contributed by atoms with Gasteiger partial charge in [0.05, 0.1) is 6.54 Å². The standard InChI is InChI=1S/C17H28N2O3/c20-16(7-12-3-1-2-4-12)18-14-8-15(9-14)19(11-17(21)22)10-13-5-6-13/h12-15H,1-11H2,(H,18,20)(H,21,22). The molecule has 1 amide bonds. The minimum Gasteiger partial charge on any atom is -0.480 e. The monoisotopic (exact) mass is 308 g/mol. The van der Waals surface area contributed by atoms with Crippen LogP contribution in [-0.4, -0.2) is 47.1 Å². The van der Waals surface area contributed by atoms with E-state index in [0.29, 0.717) is 24.3 Å². The van der Waals surface area contributed by atoms with Gasteiger partial charge in [0.1, 0.15) is 0 Å². The molecule has 0 spiro atoms. The van der Waals surface area contributed by atoms with Crippen molar-refractivity contribution in [2.24, 2.45) is 11.8 Å². The Morgan fingerprint density at radius 1 is 1.05 bits per heavy atom. The highest BCUT2D eigenvalue weighted by atomic mass is 16.4. The first-order valence-electron chi connectivity index (χ1n) is 8.85. The number of nitrogens with one attached hydrogen (secondary N) is 1. The van der Waals surface area contributed by atoms with Crippen molar-refractivity contribution in [3.05, 3.63) is 0 Å². The highest BCUT2D eigenvalue weighted by Crippen LogP contribution is 2.34. The van der Waals surface area contributed by atoms with Crippen molar-refractivity contribution >= 4 is 11.9 Å². The number of amides is 1. The van der Waals surface area contributed by atoms with Crippen LogP contribution in [0.15, 0.2) is 0 Å². The van der Waals surface area contributed by atoms with Gasteiger partial charge in [0, 0.05) is 25.0 Å². The van der Waals surface area contributed by atoms with Gasteiger partial charge in [-0.1, -0.05) is 12.8 Å². The van der Waals surface area contributed by atoms with Crippen LogP contribution in [0.5, 0.6) is 0 Å². The third-order valence-electron chi connectivity index (χ3n) is 5.47. The van der Waals surface area contributed by atoms with Gasteiger partial charge >= 0.3 is 5.97 Å². The van der Waals surface area contributed by atoms with E-state index < -0.39 is 5.97 Å². The molecule has 3 fully saturated rings. The number of hydrogen-bond acceptors (Lipinski definition) is 3. The van der Waals surface area contributed by atoms with Crippen molar-refractivity contribution in [1.29, 1.82) is 0 Å². The maximum Gasteiger partial charge on any atom is 0.317 e. The highest BCUT2D eigenvalue weighted by molar-refractivity contribution is 5.76. The molecular formula is C17H28N2O3. The molecule has 2 N–H and O–H groups in total. The Hall–Kier alpha value is -1.10. The first kappa shape index (κ1) is 15.8. The molecule has 22 heavy (non-hydrogen) atoms. The molecule has 0 saturated heterocycles. The lowest BCUT2D eigenvalue weighted by Crippen LogP contribution is -2.55. The Bertz CT molecular complexity index is 410. The SMILES string of the molecule is O=C(O)CN(CC1CC1)C1CC(NC(=O)CC2CCCC2)C1. The molecule has 0 bridgehead atoms. The number of carboxylic acids is 1. The zero-order chi connectivity index (χ0) is 15.5. The Kier molecular flexibility index (Phi) is 5.01. The Labute approximate surface area is 132 Å². The molecule has 0 aromatic heterocycles. The number of rotatable bonds is 8. The lowest BCUT2D eigenvalue weighted by atomic mass is 9.85. The van der Waals surface area contributed by atoms with E-state index in [9.17, 15) is 9.59 Å². The summed E-state index contributed by atoms with van der Waals surface area (Å²) in [6, 6.07) is 0.600. The lowest BCUT2D eigenvalue weighted by molar-refractivity contribution is -0.140. The van der Waals surface area contributed by atoms with Gasteiger partial charge in [-0.25, -0.2) is 0 Å².